The number of hydrogen-bond acceptors (Lipinski definition) is 5. The van der Waals surface area contributed by atoms with E-state index in [9.17, 15) is 18.5 Å². The smallest absolute Gasteiger partial charge is 0.313 e. The molecule has 0 saturated heterocycles. The quantitative estimate of drug-likeness (QED) is 0.662. The molecule has 0 radical (unpaired) electrons. The van der Waals surface area contributed by atoms with Gasteiger partial charge in [-0.05, 0) is 29.9 Å². The van der Waals surface area contributed by atoms with Gasteiger partial charge in [0.25, 0.3) is 0 Å². The fourth-order valence-corrected chi connectivity index (χ4v) is 3.47. The minimum atomic E-state index is -3.53. The zero-order valence-corrected chi connectivity index (χ0v) is 13.9. The van der Waals surface area contributed by atoms with Crippen molar-refractivity contribution in [3.05, 3.63) is 27.8 Å². The normalized spacial score (nSPS) is 15.5. The summed E-state index contributed by atoms with van der Waals surface area (Å²) in [7, 11) is -2.24. The van der Waals surface area contributed by atoms with E-state index in [2.05, 4.69) is 4.72 Å². The standard InChI is InChI=1S/C14H20N2O5S/c1-14(2,3)9-7-11(15-22(19,20)10-5-6-10)13(21-4)12(8-9)16(17)18/h7-8,10,15H,5-6H2,1-4H3. The fraction of sp³-hybridized carbons (Fsp3) is 0.571. The van der Waals surface area contributed by atoms with Crippen LogP contribution in [0.4, 0.5) is 11.4 Å². The second-order valence-corrected chi connectivity index (χ2v) is 8.39. The van der Waals surface area contributed by atoms with Gasteiger partial charge in [0.05, 0.1) is 23.0 Å². The molecule has 22 heavy (non-hydrogen) atoms. The molecule has 1 aromatic rings. The molecule has 122 valence electrons. The molecule has 0 atom stereocenters. The Hall–Kier alpha value is -1.83. The van der Waals surface area contributed by atoms with Crippen LogP contribution in [0.1, 0.15) is 39.2 Å². The lowest BCUT2D eigenvalue weighted by atomic mass is 9.86. The summed E-state index contributed by atoms with van der Waals surface area (Å²) in [5.41, 5.74) is 0.169. The fourth-order valence-electron chi connectivity index (χ4n) is 2.09. The summed E-state index contributed by atoms with van der Waals surface area (Å²) < 4.78 is 31.8. The lowest BCUT2D eigenvalue weighted by molar-refractivity contribution is -0.385. The highest BCUT2D eigenvalue weighted by Gasteiger charge is 2.37. The number of ether oxygens (including phenoxy) is 1. The highest BCUT2D eigenvalue weighted by atomic mass is 32.2. The molecule has 1 aliphatic rings. The van der Waals surface area contributed by atoms with Gasteiger partial charge in [0.2, 0.25) is 15.8 Å². The average molecular weight is 328 g/mol. The zero-order valence-electron chi connectivity index (χ0n) is 13.0. The van der Waals surface area contributed by atoms with Crippen LogP contribution in [0.2, 0.25) is 0 Å². The van der Waals surface area contributed by atoms with E-state index in [1.807, 2.05) is 20.8 Å². The Kier molecular flexibility index (Phi) is 4.08. The van der Waals surface area contributed by atoms with Gasteiger partial charge >= 0.3 is 5.69 Å². The van der Waals surface area contributed by atoms with Gasteiger partial charge in [0.15, 0.2) is 0 Å². The molecule has 0 heterocycles. The number of sulfonamides is 1. The molecule has 0 spiro atoms. The maximum Gasteiger partial charge on any atom is 0.313 e. The molecule has 0 aliphatic heterocycles. The zero-order chi connectivity index (χ0) is 16.7. The minimum Gasteiger partial charge on any atom is -0.489 e. The van der Waals surface area contributed by atoms with Crippen molar-refractivity contribution < 1.29 is 18.1 Å². The van der Waals surface area contributed by atoms with Crippen molar-refractivity contribution in [1.29, 1.82) is 0 Å². The predicted octanol–water partition coefficient (Wildman–Crippen LogP) is 2.81. The van der Waals surface area contributed by atoms with E-state index in [0.717, 1.165) is 0 Å². The summed E-state index contributed by atoms with van der Waals surface area (Å²) in [6, 6.07) is 3.03. The van der Waals surface area contributed by atoms with Crippen LogP contribution < -0.4 is 9.46 Å². The number of methoxy groups -OCH3 is 1. The highest BCUT2D eigenvalue weighted by molar-refractivity contribution is 7.93. The number of benzene rings is 1. The molecular formula is C14H20N2O5S. The summed E-state index contributed by atoms with van der Waals surface area (Å²) in [5, 5.41) is 10.9. The first-order valence-electron chi connectivity index (χ1n) is 6.95. The first-order chi connectivity index (χ1) is 10.1. The van der Waals surface area contributed by atoms with Crippen LogP contribution in [0.15, 0.2) is 12.1 Å². The van der Waals surface area contributed by atoms with Crippen molar-refractivity contribution in [3.63, 3.8) is 0 Å². The first kappa shape index (κ1) is 16.5. The Balaban J connectivity index is 2.59. The Labute approximate surface area is 129 Å². The lowest BCUT2D eigenvalue weighted by Gasteiger charge is -2.21. The van der Waals surface area contributed by atoms with Crippen LogP contribution in [-0.2, 0) is 15.4 Å². The van der Waals surface area contributed by atoms with E-state index < -0.39 is 20.2 Å². The van der Waals surface area contributed by atoms with Crippen molar-refractivity contribution in [1.82, 2.24) is 0 Å². The second-order valence-electron chi connectivity index (χ2n) is 6.43. The van der Waals surface area contributed by atoms with Crippen LogP contribution in [0, 0.1) is 10.1 Å². The largest absolute Gasteiger partial charge is 0.489 e. The van der Waals surface area contributed by atoms with Crippen molar-refractivity contribution in [2.24, 2.45) is 0 Å². The monoisotopic (exact) mass is 328 g/mol. The molecular weight excluding hydrogens is 308 g/mol. The number of nitrogens with one attached hydrogen (secondary N) is 1. The van der Waals surface area contributed by atoms with E-state index in [0.29, 0.717) is 18.4 Å². The molecule has 1 saturated carbocycles. The molecule has 0 unspecified atom stereocenters. The van der Waals surface area contributed by atoms with Gasteiger partial charge in [-0.3, -0.25) is 14.8 Å². The molecule has 0 bridgehead atoms. The average Bonchev–Trinajstić information content (AvgIpc) is 3.20. The van der Waals surface area contributed by atoms with Gasteiger partial charge < -0.3 is 4.74 Å². The lowest BCUT2D eigenvalue weighted by Crippen LogP contribution is -2.19. The molecule has 0 aromatic heterocycles. The van der Waals surface area contributed by atoms with Crippen molar-refractivity contribution >= 4 is 21.4 Å². The SMILES string of the molecule is COc1c(NS(=O)(=O)C2CC2)cc(C(C)(C)C)cc1[N+](=O)[O-]. The molecule has 1 fully saturated rings. The van der Waals surface area contributed by atoms with Crippen molar-refractivity contribution in [2.45, 2.75) is 44.3 Å². The molecule has 8 heteroatoms. The third kappa shape index (κ3) is 3.32. The maximum atomic E-state index is 12.1. The summed E-state index contributed by atoms with van der Waals surface area (Å²) in [6.07, 6.45) is 1.22. The van der Waals surface area contributed by atoms with Gasteiger partial charge in [0, 0.05) is 6.07 Å². The van der Waals surface area contributed by atoms with Gasteiger partial charge in [0.1, 0.15) is 0 Å². The predicted molar refractivity (Wildman–Crippen MR) is 83.9 cm³/mol. The van der Waals surface area contributed by atoms with E-state index in [1.54, 1.807) is 6.07 Å². The summed E-state index contributed by atoms with van der Waals surface area (Å²) in [5.74, 6) is -0.0674. The third-order valence-corrected chi connectivity index (χ3v) is 5.41. The number of anilines is 1. The molecule has 0 amide bonds. The van der Waals surface area contributed by atoms with Crippen LogP contribution >= 0.6 is 0 Å². The molecule has 1 N–H and O–H groups in total. The van der Waals surface area contributed by atoms with E-state index in [4.69, 9.17) is 4.74 Å². The minimum absolute atomic E-state index is 0.0674. The number of nitro benzene ring substituents is 1. The number of nitrogens with zero attached hydrogens (tertiary/aromatic N) is 1. The van der Waals surface area contributed by atoms with E-state index >= 15 is 0 Å². The van der Waals surface area contributed by atoms with Gasteiger partial charge in [-0.15, -0.1) is 0 Å². The topological polar surface area (TPSA) is 98.5 Å². The van der Waals surface area contributed by atoms with Crippen LogP contribution in [0.3, 0.4) is 0 Å². The Morgan fingerprint density at radius 3 is 2.32 bits per heavy atom. The second kappa shape index (κ2) is 5.42. The highest BCUT2D eigenvalue weighted by Crippen LogP contribution is 2.41. The van der Waals surface area contributed by atoms with Gasteiger partial charge in [-0.1, -0.05) is 20.8 Å². The van der Waals surface area contributed by atoms with Crippen LogP contribution in [0.25, 0.3) is 0 Å². The number of rotatable bonds is 5. The van der Waals surface area contributed by atoms with Gasteiger partial charge in [-0.2, -0.15) is 0 Å². The van der Waals surface area contributed by atoms with E-state index in [-0.39, 0.29) is 22.5 Å². The maximum absolute atomic E-state index is 12.1. The molecule has 1 aliphatic carbocycles. The molecule has 1 aromatic carbocycles. The summed E-state index contributed by atoms with van der Waals surface area (Å²) >= 11 is 0. The summed E-state index contributed by atoms with van der Waals surface area (Å²) in [4.78, 5) is 10.7. The van der Waals surface area contributed by atoms with Crippen LogP contribution in [-0.4, -0.2) is 25.7 Å². The third-order valence-electron chi connectivity index (χ3n) is 3.55. The molecule has 7 nitrogen and oxygen atoms in total. The Morgan fingerprint density at radius 2 is 1.91 bits per heavy atom. The van der Waals surface area contributed by atoms with Gasteiger partial charge in [-0.25, -0.2) is 8.42 Å². The number of nitro groups is 1. The summed E-state index contributed by atoms with van der Waals surface area (Å²) in [6.45, 7) is 5.70. The van der Waals surface area contributed by atoms with Crippen LogP contribution in [0.5, 0.6) is 5.75 Å². The number of hydrogen-bond donors (Lipinski definition) is 1. The Bertz CT molecular complexity index is 703. The first-order valence-corrected chi connectivity index (χ1v) is 8.49. The van der Waals surface area contributed by atoms with E-state index in [1.165, 1.54) is 13.2 Å². The Morgan fingerprint density at radius 1 is 1.32 bits per heavy atom. The van der Waals surface area contributed by atoms with Crippen molar-refractivity contribution in [2.75, 3.05) is 11.8 Å². The molecule has 2 rings (SSSR count). The van der Waals surface area contributed by atoms with Crippen molar-refractivity contribution in [3.8, 4) is 5.75 Å².